The summed E-state index contributed by atoms with van der Waals surface area (Å²) in [5.41, 5.74) is 3.79. The Bertz CT molecular complexity index is 734. The molecule has 0 N–H and O–H groups in total. The van der Waals surface area contributed by atoms with Crippen LogP contribution in [0.2, 0.25) is 0 Å². The van der Waals surface area contributed by atoms with Crippen LogP contribution in [0.15, 0.2) is 36.7 Å². The molecule has 0 amide bonds. The van der Waals surface area contributed by atoms with Crippen molar-refractivity contribution in [3.8, 4) is 0 Å². The molecule has 4 nitrogen and oxygen atoms in total. The van der Waals surface area contributed by atoms with E-state index in [-0.39, 0.29) is 5.38 Å². The molecule has 0 aliphatic heterocycles. The molecule has 0 saturated carbocycles. The normalized spacial score (nSPS) is 12.8. The SMILES string of the molecule is Cc1cnc2c(c1)nc(C(C)Cl)n2Cc1ccccn1. The zero-order valence-corrected chi connectivity index (χ0v) is 12.2. The lowest BCUT2D eigenvalue weighted by Gasteiger charge is -2.09. The minimum absolute atomic E-state index is 0.173. The highest BCUT2D eigenvalue weighted by atomic mass is 35.5. The standard InChI is InChI=1S/C15H15ClN4/c1-10-7-13-15(18-8-10)20(14(19-13)11(2)16)9-12-5-3-4-6-17-12/h3-8,11H,9H2,1-2H3. The summed E-state index contributed by atoms with van der Waals surface area (Å²) in [6, 6.07) is 7.90. The average Bonchev–Trinajstić information content (AvgIpc) is 2.78. The maximum Gasteiger partial charge on any atom is 0.160 e. The van der Waals surface area contributed by atoms with E-state index in [0.717, 1.165) is 28.2 Å². The fraction of sp³-hybridized carbons (Fsp3) is 0.267. The van der Waals surface area contributed by atoms with Crippen molar-refractivity contribution in [2.45, 2.75) is 25.8 Å². The van der Waals surface area contributed by atoms with Crippen LogP contribution in [0.3, 0.4) is 0 Å². The first-order valence-electron chi connectivity index (χ1n) is 6.52. The quantitative estimate of drug-likeness (QED) is 0.692. The van der Waals surface area contributed by atoms with E-state index in [4.69, 9.17) is 11.6 Å². The van der Waals surface area contributed by atoms with E-state index in [1.165, 1.54) is 0 Å². The van der Waals surface area contributed by atoms with Crippen LogP contribution < -0.4 is 0 Å². The van der Waals surface area contributed by atoms with Crippen molar-refractivity contribution in [2.24, 2.45) is 0 Å². The van der Waals surface area contributed by atoms with Crippen molar-refractivity contribution < 1.29 is 0 Å². The van der Waals surface area contributed by atoms with E-state index in [9.17, 15) is 0 Å². The van der Waals surface area contributed by atoms with Crippen molar-refractivity contribution in [1.82, 2.24) is 19.5 Å². The zero-order valence-electron chi connectivity index (χ0n) is 11.4. The molecule has 102 valence electrons. The van der Waals surface area contributed by atoms with Gasteiger partial charge in [0.25, 0.3) is 0 Å². The van der Waals surface area contributed by atoms with Crippen LogP contribution in [0.4, 0.5) is 0 Å². The lowest BCUT2D eigenvalue weighted by atomic mass is 10.3. The maximum atomic E-state index is 6.25. The Kier molecular flexibility index (Phi) is 3.40. The minimum Gasteiger partial charge on any atom is -0.305 e. The largest absolute Gasteiger partial charge is 0.305 e. The van der Waals surface area contributed by atoms with E-state index in [2.05, 4.69) is 15.0 Å². The smallest absolute Gasteiger partial charge is 0.160 e. The lowest BCUT2D eigenvalue weighted by Crippen LogP contribution is -2.07. The number of imidazole rings is 1. The summed E-state index contributed by atoms with van der Waals surface area (Å²) < 4.78 is 2.04. The zero-order chi connectivity index (χ0) is 14.1. The fourth-order valence-corrected chi connectivity index (χ4v) is 2.41. The predicted octanol–water partition coefficient (Wildman–Crippen LogP) is 3.48. The highest BCUT2D eigenvalue weighted by molar-refractivity contribution is 6.20. The van der Waals surface area contributed by atoms with Gasteiger partial charge in [0, 0.05) is 12.4 Å². The first-order chi connectivity index (χ1) is 9.65. The predicted molar refractivity (Wildman–Crippen MR) is 79.9 cm³/mol. The van der Waals surface area contributed by atoms with Crippen molar-refractivity contribution in [3.63, 3.8) is 0 Å². The number of hydrogen-bond acceptors (Lipinski definition) is 3. The highest BCUT2D eigenvalue weighted by Gasteiger charge is 2.16. The number of alkyl halides is 1. The second-order valence-corrected chi connectivity index (χ2v) is 5.50. The Balaban J connectivity index is 2.14. The van der Waals surface area contributed by atoms with E-state index in [1.807, 2.05) is 48.9 Å². The lowest BCUT2D eigenvalue weighted by molar-refractivity contribution is 0.721. The molecule has 0 bridgehead atoms. The molecule has 5 heteroatoms. The molecule has 3 heterocycles. The number of halogens is 1. The van der Waals surface area contributed by atoms with Gasteiger partial charge in [-0.3, -0.25) is 4.98 Å². The Morgan fingerprint density at radius 3 is 2.85 bits per heavy atom. The number of aryl methyl sites for hydroxylation is 1. The van der Waals surface area contributed by atoms with Crippen molar-refractivity contribution >= 4 is 22.8 Å². The number of nitrogens with zero attached hydrogens (tertiary/aromatic N) is 4. The van der Waals surface area contributed by atoms with Gasteiger partial charge < -0.3 is 4.57 Å². The van der Waals surface area contributed by atoms with Gasteiger partial charge in [-0.1, -0.05) is 6.07 Å². The third kappa shape index (κ3) is 2.39. The molecule has 3 aromatic heterocycles. The summed E-state index contributed by atoms with van der Waals surface area (Å²) in [4.78, 5) is 13.5. The second-order valence-electron chi connectivity index (χ2n) is 4.85. The van der Waals surface area contributed by atoms with E-state index in [0.29, 0.717) is 6.54 Å². The third-order valence-electron chi connectivity index (χ3n) is 3.15. The van der Waals surface area contributed by atoms with Crippen LogP contribution in [0.1, 0.15) is 29.4 Å². The first kappa shape index (κ1) is 13.1. The maximum absolute atomic E-state index is 6.25. The topological polar surface area (TPSA) is 43.6 Å². The third-order valence-corrected chi connectivity index (χ3v) is 3.35. The molecule has 1 unspecified atom stereocenters. The number of hydrogen-bond donors (Lipinski definition) is 0. The first-order valence-corrected chi connectivity index (χ1v) is 6.95. The van der Waals surface area contributed by atoms with Gasteiger partial charge in [0.05, 0.1) is 17.6 Å². The molecule has 0 saturated heterocycles. The molecule has 3 aromatic rings. The number of pyridine rings is 2. The van der Waals surface area contributed by atoms with E-state index < -0.39 is 0 Å². The van der Waals surface area contributed by atoms with Crippen LogP contribution in [0.25, 0.3) is 11.2 Å². The number of aromatic nitrogens is 4. The van der Waals surface area contributed by atoms with Crippen LogP contribution in [0.5, 0.6) is 0 Å². The van der Waals surface area contributed by atoms with E-state index in [1.54, 1.807) is 6.20 Å². The molecule has 1 atom stereocenters. The van der Waals surface area contributed by atoms with Crippen molar-refractivity contribution in [1.29, 1.82) is 0 Å². The molecule has 0 aliphatic carbocycles. The molecule has 0 aromatic carbocycles. The van der Waals surface area contributed by atoms with Gasteiger partial charge in [-0.05, 0) is 37.6 Å². The van der Waals surface area contributed by atoms with Crippen LogP contribution in [-0.2, 0) is 6.54 Å². The molecular weight excluding hydrogens is 272 g/mol. The Labute approximate surface area is 122 Å². The molecule has 0 radical (unpaired) electrons. The summed E-state index contributed by atoms with van der Waals surface area (Å²) in [5, 5.41) is -0.173. The van der Waals surface area contributed by atoms with Gasteiger partial charge in [0.2, 0.25) is 0 Å². The van der Waals surface area contributed by atoms with Gasteiger partial charge in [-0.15, -0.1) is 11.6 Å². The van der Waals surface area contributed by atoms with Gasteiger partial charge in [0.1, 0.15) is 11.3 Å². The van der Waals surface area contributed by atoms with Crippen LogP contribution in [-0.4, -0.2) is 19.5 Å². The molecule has 0 aliphatic rings. The Hall–Kier alpha value is -1.94. The van der Waals surface area contributed by atoms with Gasteiger partial charge in [-0.2, -0.15) is 0 Å². The summed E-state index contributed by atoms with van der Waals surface area (Å²) in [6.45, 7) is 4.55. The summed E-state index contributed by atoms with van der Waals surface area (Å²) in [6.07, 6.45) is 3.64. The summed E-state index contributed by atoms with van der Waals surface area (Å²) in [5.74, 6) is 0.824. The van der Waals surface area contributed by atoms with Gasteiger partial charge in [0.15, 0.2) is 5.65 Å². The van der Waals surface area contributed by atoms with Gasteiger partial charge >= 0.3 is 0 Å². The van der Waals surface area contributed by atoms with E-state index >= 15 is 0 Å². The Morgan fingerprint density at radius 2 is 2.15 bits per heavy atom. The van der Waals surface area contributed by atoms with Crippen molar-refractivity contribution in [2.75, 3.05) is 0 Å². The molecular formula is C15H15ClN4. The number of rotatable bonds is 3. The number of fused-ring (bicyclic) bond motifs is 1. The summed E-state index contributed by atoms with van der Waals surface area (Å²) in [7, 11) is 0. The van der Waals surface area contributed by atoms with Gasteiger partial charge in [-0.25, -0.2) is 9.97 Å². The molecule has 0 fully saturated rings. The monoisotopic (exact) mass is 286 g/mol. The molecule has 3 rings (SSSR count). The fourth-order valence-electron chi connectivity index (χ4n) is 2.24. The minimum atomic E-state index is -0.173. The van der Waals surface area contributed by atoms with Crippen LogP contribution in [0, 0.1) is 6.92 Å². The molecule has 20 heavy (non-hydrogen) atoms. The van der Waals surface area contributed by atoms with Crippen molar-refractivity contribution in [3.05, 3.63) is 53.7 Å². The average molecular weight is 287 g/mol. The Morgan fingerprint density at radius 1 is 1.30 bits per heavy atom. The van der Waals surface area contributed by atoms with Crippen LogP contribution >= 0.6 is 11.6 Å². The highest BCUT2D eigenvalue weighted by Crippen LogP contribution is 2.24. The summed E-state index contributed by atoms with van der Waals surface area (Å²) >= 11 is 6.25. The second kappa shape index (κ2) is 5.21. The molecule has 0 spiro atoms.